The molecule has 9 nitrogen and oxygen atoms in total. The van der Waals surface area contributed by atoms with Gasteiger partial charge in [0.2, 0.25) is 11.9 Å². The van der Waals surface area contributed by atoms with Crippen molar-refractivity contribution in [3.05, 3.63) is 23.8 Å². The number of rotatable bonds is 11. The van der Waals surface area contributed by atoms with Gasteiger partial charge in [0.05, 0.1) is 6.20 Å². The van der Waals surface area contributed by atoms with Gasteiger partial charge in [-0.25, -0.2) is 9.37 Å². The highest BCUT2D eigenvalue weighted by Crippen LogP contribution is 2.37. The molecule has 1 aliphatic carbocycles. The molecule has 4 heterocycles. The lowest BCUT2D eigenvalue weighted by molar-refractivity contribution is -0.136. The highest BCUT2D eigenvalue weighted by molar-refractivity contribution is 6.39. The van der Waals surface area contributed by atoms with E-state index in [4.69, 9.17) is 0 Å². The van der Waals surface area contributed by atoms with Crippen LogP contribution >= 0.6 is 0 Å². The molecule has 0 radical (unpaired) electrons. The summed E-state index contributed by atoms with van der Waals surface area (Å²) in [6, 6.07) is 0.0961. The van der Waals surface area contributed by atoms with Gasteiger partial charge in [0.1, 0.15) is 5.71 Å². The number of amides is 2. The Morgan fingerprint density at radius 3 is 2.68 bits per heavy atom. The first-order chi connectivity index (χ1) is 17.9. The van der Waals surface area contributed by atoms with Crippen LogP contribution in [0.4, 0.5) is 16.2 Å². The zero-order valence-electron chi connectivity index (χ0n) is 22.3. The number of anilines is 2. The summed E-state index contributed by atoms with van der Waals surface area (Å²) in [5, 5.41) is 6.11. The second kappa shape index (κ2) is 12.5. The van der Waals surface area contributed by atoms with Crippen LogP contribution in [-0.4, -0.2) is 71.7 Å². The summed E-state index contributed by atoms with van der Waals surface area (Å²) >= 11 is 0. The highest BCUT2D eigenvalue weighted by Gasteiger charge is 2.42. The average Bonchev–Trinajstić information content (AvgIpc) is 3.76. The lowest BCUT2D eigenvalue weighted by Crippen LogP contribution is -2.48. The Labute approximate surface area is 219 Å². The summed E-state index contributed by atoms with van der Waals surface area (Å²) in [6.07, 6.45) is 9.98. The van der Waals surface area contributed by atoms with Crippen molar-refractivity contribution in [2.45, 2.75) is 71.3 Å². The number of nitrogens with one attached hydrogen (secondary N) is 2. The number of aliphatic imine (C=N–C) groups is 1. The molecular weight excluding hydrogens is 473 g/mol. The molecule has 10 heteroatoms. The van der Waals surface area contributed by atoms with Crippen LogP contribution in [0.25, 0.3) is 0 Å². The molecule has 37 heavy (non-hydrogen) atoms. The van der Waals surface area contributed by atoms with Crippen molar-refractivity contribution in [2.24, 2.45) is 16.8 Å². The van der Waals surface area contributed by atoms with Crippen molar-refractivity contribution < 1.29 is 14.0 Å². The summed E-state index contributed by atoms with van der Waals surface area (Å²) in [6.45, 7) is 6.70. The molecule has 1 saturated carbocycles. The molecule has 3 aliphatic heterocycles. The van der Waals surface area contributed by atoms with Crippen molar-refractivity contribution in [2.75, 3.05) is 43.4 Å². The second-order valence-corrected chi connectivity index (χ2v) is 10.4. The molecule has 0 spiro atoms. The highest BCUT2D eigenvalue weighted by atomic mass is 19.1. The minimum atomic E-state index is -0.457. The van der Waals surface area contributed by atoms with E-state index in [0.29, 0.717) is 43.6 Å². The summed E-state index contributed by atoms with van der Waals surface area (Å²) in [4.78, 5) is 42.1. The van der Waals surface area contributed by atoms with Crippen molar-refractivity contribution in [1.29, 1.82) is 0 Å². The Kier molecular flexibility index (Phi) is 9.10. The van der Waals surface area contributed by atoms with Crippen LogP contribution in [0.3, 0.4) is 0 Å². The minimum Gasteiger partial charge on any atom is -0.352 e. The van der Waals surface area contributed by atoms with E-state index in [2.05, 4.69) is 37.4 Å². The molecule has 2 bridgehead atoms. The van der Waals surface area contributed by atoms with Crippen LogP contribution in [0.15, 0.2) is 23.0 Å². The molecule has 1 aromatic rings. The third-order valence-corrected chi connectivity index (χ3v) is 7.35. The number of aromatic nitrogens is 2. The molecule has 3 saturated heterocycles. The zero-order chi connectivity index (χ0) is 26.4. The number of hydrogen-bond acceptors (Lipinski definition) is 7. The molecule has 202 valence electrons. The number of fused-ring (bicyclic) bond motifs is 4. The van der Waals surface area contributed by atoms with E-state index in [1.54, 1.807) is 7.05 Å². The third-order valence-electron chi connectivity index (χ3n) is 7.35. The number of halogens is 1. The van der Waals surface area contributed by atoms with E-state index in [9.17, 15) is 14.0 Å². The number of carbonyl (C=O) groups is 2. The van der Waals surface area contributed by atoms with Crippen molar-refractivity contribution >= 4 is 29.3 Å². The van der Waals surface area contributed by atoms with E-state index in [1.807, 2.05) is 17.9 Å². The number of carbonyl (C=O) groups excluding carboxylic acids is 2. The van der Waals surface area contributed by atoms with E-state index >= 15 is 0 Å². The van der Waals surface area contributed by atoms with Gasteiger partial charge in [-0.1, -0.05) is 26.3 Å². The fourth-order valence-corrected chi connectivity index (χ4v) is 5.20. The topological polar surface area (TPSA) is 103 Å². The maximum atomic E-state index is 15.0. The SMILES string of the molecule is CCCNC(=O)/C(C/C=C(\CCC)Nc1ncc(F)c(N2C[C@@H]3CC[C@H](C2)N(C(=O)C2CC2)C3)n1)=N/C. The van der Waals surface area contributed by atoms with E-state index in [1.165, 1.54) is 6.20 Å². The quantitative estimate of drug-likeness (QED) is 0.439. The summed E-state index contributed by atoms with van der Waals surface area (Å²) in [5.74, 6) is 0.759. The molecule has 5 rings (SSSR count). The second-order valence-electron chi connectivity index (χ2n) is 10.4. The summed E-state index contributed by atoms with van der Waals surface area (Å²) in [5.41, 5.74) is 1.32. The van der Waals surface area contributed by atoms with E-state index in [0.717, 1.165) is 57.2 Å². The normalized spacial score (nSPS) is 22.2. The van der Waals surface area contributed by atoms with Crippen molar-refractivity contribution in [3.63, 3.8) is 0 Å². The molecule has 4 aliphatic rings. The van der Waals surface area contributed by atoms with Crippen LogP contribution in [0.5, 0.6) is 0 Å². The lowest BCUT2D eigenvalue weighted by Gasteiger charge is -2.36. The van der Waals surface area contributed by atoms with Crippen LogP contribution in [0.1, 0.15) is 65.2 Å². The van der Waals surface area contributed by atoms with Crippen LogP contribution < -0.4 is 15.5 Å². The Morgan fingerprint density at radius 2 is 1.97 bits per heavy atom. The van der Waals surface area contributed by atoms with Gasteiger partial charge in [0.25, 0.3) is 5.91 Å². The van der Waals surface area contributed by atoms with Gasteiger partial charge >= 0.3 is 0 Å². The molecule has 1 aromatic heterocycles. The molecule has 2 N–H and O–H groups in total. The largest absolute Gasteiger partial charge is 0.352 e. The van der Waals surface area contributed by atoms with Gasteiger partial charge in [-0.2, -0.15) is 4.98 Å². The first-order valence-corrected chi connectivity index (χ1v) is 13.7. The van der Waals surface area contributed by atoms with Gasteiger partial charge in [0, 0.05) is 57.3 Å². The number of piperidine rings is 1. The monoisotopic (exact) mass is 513 g/mol. The zero-order valence-corrected chi connectivity index (χ0v) is 22.3. The van der Waals surface area contributed by atoms with E-state index in [-0.39, 0.29) is 29.6 Å². The predicted octanol–water partition coefficient (Wildman–Crippen LogP) is 3.54. The van der Waals surface area contributed by atoms with Crippen molar-refractivity contribution in [1.82, 2.24) is 20.2 Å². The minimum absolute atomic E-state index is 0.0961. The van der Waals surface area contributed by atoms with Crippen LogP contribution in [0.2, 0.25) is 0 Å². The van der Waals surface area contributed by atoms with Gasteiger partial charge in [-0.05, 0) is 44.4 Å². The maximum Gasteiger partial charge on any atom is 0.265 e. The van der Waals surface area contributed by atoms with Crippen LogP contribution in [-0.2, 0) is 9.59 Å². The van der Waals surface area contributed by atoms with Gasteiger partial charge in [-0.15, -0.1) is 0 Å². The number of allylic oxidation sites excluding steroid dienone is 2. The number of hydrogen-bond donors (Lipinski definition) is 2. The smallest absolute Gasteiger partial charge is 0.265 e. The Balaban J connectivity index is 1.47. The Morgan fingerprint density at radius 1 is 1.16 bits per heavy atom. The standard InChI is InChI=1S/C27H40FN7O2/c1-4-6-20(10-12-23(29-3)25(36)30-13-5-2)32-27-31-14-22(28)24(33-27)34-15-18-7-11-21(17-34)35(16-18)26(37)19-8-9-19/h10,14,18-19,21H,4-9,11-13,15-17H2,1-3H3,(H,30,36)(H,31,32,33)/b20-10+,29-23+/t18-,21+/m0/s1. The lowest BCUT2D eigenvalue weighted by atomic mass is 9.94. The average molecular weight is 514 g/mol. The molecular formula is C27H40FN7O2. The predicted molar refractivity (Wildman–Crippen MR) is 143 cm³/mol. The number of nitrogens with zero attached hydrogens (tertiary/aromatic N) is 5. The molecule has 0 unspecified atom stereocenters. The summed E-state index contributed by atoms with van der Waals surface area (Å²) < 4.78 is 15.0. The van der Waals surface area contributed by atoms with Gasteiger partial charge < -0.3 is 20.4 Å². The van der Waals surface area contributed by atoms with Gasteiger partial charge in [-0.3, -0.25) is 14.6 Å². The summed E-state index contributed by atoms with van der Waals surface area (Å²) in [7, 11) is 1.62. The third kappa shape index (κ3) is 6.84. The Bertz CT molecular complexity index is 1040. The first-order valence-electron chi connectivity index (χ1n) is 13.7. The van der Waals surface area contributed by atoms with Crippen LogP contribution in [0, 0.1) is 17.7 Å². The fraction of sp³-hybridized carbons (Fsp3) is 0.667. The first kappa shape index (κ1) is 27.0. The molecule has 2 amide bonds. The van der Waals surface area contributed by atoms with E-state index < -0.39 is 5.82 Å². The van der Waals surface area contributed by atoms with Gasteiger partial charge in [0.15, 0.2) is 11.6 Å². The fourth-order valence-electron chi connectivity index (χ4n) is 5.20. The maximum absolute atomic E-state index is 15.0. The molecule has 4 fully saturated rings. The Hall–Kier alpha value is -3.04. The molecule has 0 aromatic carbocycles. The molecule has 2 atom stereocenters. The van der Waals surface area contributed by atoms with Crippen molar-refractivity contribution in [3.8, 4) is 0 Å².